The summed E-state index contributed by atoms with van der Waals surface area (Å²) in [5.41, 5.74) is 0.194. The second-order valence-electron chi connectivity index (χ2n) is 3.46. The Morgan fingerprint density at radius 1 is 1.41 bits per heavy atom. The van der Waals surface area contributed by atoms with Crippen molar-refractivity contribution in [1.82, 2.24) is 0 Å². The second kappa shape index (κ2) is 5.61. The minimum absolute atomic E-state index is 0.0993. The molecule has 0 aliphatic carbocycles. The summed E-state index contributed by atoms with van der Waals surface area (Å²) < 4.78 is 0. The molecule has 0 unspecified atom stereocenters. The fourth-order valence-electron chi connectivity index (χ4n) is 1.43. The van der Waals surface area contributed by atoms with E-state index in [9.17, 15) is 9.90 Å². The monoisotopic (exact) mass is 228 g/mol. The molecule has 1 aromatic carbocycles. The van der Waals surface area contributed by atoms with Gasteiger partial charge in [0, 0.05) is 5.56 Å². The molecule has 0 saturated heterocycles. The number of aliphatic hydroxyl groups is 1. The largest absolute Gasteiger partial charge is 0.506 e. The van der Waals surface area contributed by atoms with E-state index in [0.29, 0.717) is 5.56 Å². The van der Waals surface area contributed by atoms with Gasteiger partial charge in [-0.2, -0.15) is 5.26 Å². The van der Waals surface area contributed by atoms with Crippen molar-refractivity contribution in [1.29, 1.82) is 10.7 Å². The molecule has 0 fully saturated rings. The molecule has 17 heavy (non-hydrogen) atoms. The summed E-state index contributed by atoms with van der Waals surface area (Å²) in [7, 11) is 0. The molecule has 0 spiro atoms. The molecule has 0 saturated carbocycles. The summed E-state index contributed by atoms with van der Waals surface area (Å²) in [4.78, 5) is 11.4. The van der Waals surface area contributed by atoms with Gasteiger partial charge >= 0.3 is 0 Å². The first kappa shape index (κ1) is 12.7. The summed E-state index contributed by atoms with van der Waals surface area (Å²) >= 11 is 0. The van der Waals surface area contributed by atoms with E-state index in [-0.39, 0.29) is 23.5 Å². The first-order chi connectivity index (χ1) is 8.07. The maximum Gasteiger partial charge on any atom is 0.165 e. The summed E-state index contributed by atoms with van der Waals surface area (Å²) in [5, 5.41) is 26.1. The van der Waals surface area contributed by atoms with Crippen molar-refractivity contribution in [2.24, 2.45) is 0 Å². The highest BCUT2D eigenvalue weighted by Crippen LogP contribution is 2.18. The Kier molecular flexibility index (Phi) is 4.18. The van der Waals surface area contributed by atoms with Crippen molar-refractivity contribution in [2.75, 3.05) is 0 Å². The van der Waals surface area contributed by atoms with E-state index < -0.39 is 5.78 Å². The quantitative estimate of drug-likeness (QED) is 0.471. The molecule has 0 radical (unpaired) electrons. The number of hydrogen-bond donors (Lipinski definition) is 2. The van der Waals surface area contributed by atoms with E-state index in [4.69, 9.17) is 10.7 Å². The zero-order valence-electron chi connectivity index (χ0n) is 9.40. The predicted molar refractivity (Wildman–Crippen MR) is 64.6 cm³/mol. The first-order valence-electron chi connectivity index (χ1n) is 5.02. The molecule has 86 valence electrons. The van der Waals surface area contributed by atoms with Gasteiger partial charge in [-0.05, 0) is 6.92 Å². The van der Waals surface area contributed by atoms with Crippen molar-refractivity contribution in [3.63, 3.8) is 0 Å². The van der Waals surface area contributed by atoms with Crippen LogP contribution < -0.4 is 0 Å². The van der Waals surface area contributed by atoms with Crippen LogP contribution in [0.5, 0.6) is 0 Å². The van der Waals surface area contributed by atoms with Gasteiger partial charge < -0.3 is 10.5 Å². The van der Waals surface area contributed by atoms with Crippen LogP contribution in [0.2, 0.25) is 0 Å². The van der Waals surface area contributed by atoms with Crippen LogP contribution in [0.15, 0.2) is 35.9 Å². The third-order valence-corrected chi connectivity index (χ3v) is 2.19. The summed E-state index contributed by atoms with van der Waals surface area (Å²) in [6.07, 6.45) is -0.203. The lowest BCUT2D eigenvalue weighted by molar-refractivity contribution is -0.113. The molecule has 2 N–H and O–H groups in total. The molecule has 1 rings (SSSR count). The fourth-order valence-corrected chi connectivity index (χ4v) is 1.43. The number of hydrogen-bond acceptors (Lipinski definition) is 4. The number of nitrogens with zero attached hydrogens (tertiary/aromatic N) is 1. The first-order valence-corrected chi connectivity index (χ1v) is 5.02. The Bertz CT molecular complexity index is 510. The van der Waals surface area contributed by atoms with Crippen LogP contribution in [-0.2, 0) is 4.79 Å². The molecule has 0 heterocycles. The van der Waals surface area contributed by atoms with Gasteiger partial charge in [-0.1, -0.05) is 30.3 Å². The highest BCUT2D eigenvalue weighted by Gasteiger charge is 2.17. The molecule has 0 atom stereocenters. The Labute approximate surface area is 99.3 Å². The van der Waals surface area contributed by atoms with Gasteiger partial charge in [0.05, 0.1) is 23.8 Å². The van der Waals surface area contributed by atoms with Gasteiger partial charge in [0.1, 0.15) is 5.76 Å². The summed E-state index contributed by atoms with van der Waals surface area (Å²) in [5.74, 6) is -0.676. The number of benzene rings is 1. The average Bonchev–Trinajstić information content (AvgIpc) is 2.30. The predicted octanol–water partition coefficient (Wildman–Crippen LogP) is 2.48. The van der Waals surface area contributed by atoms with E-state index in [1.165, 1.54) is 6.92 Å². The SMILES string of the molecule is CC(=O)C(C(=N)CC#N)=C(O)c1ccccc1. The summed E-state index contributed by atoms with van der Waals surface area (Å²) in [6, 6.07) is 10.3. The van der Waals surface area contributed by atoms with Crippen molar-refractivity contribution < 1.29 is 9.90 Å². The third kappa shape index (κ3) is 3.02. The van der Waals surface area contributed by atoms with Crippen LogP contribution >= 0.6 is 0 Å². The van der Waals surface area contributed by atoms with E-state index >= 15 is 0 Å². The number of carbonyl (C=O) groups is 1. The minimum atomic E-state index is -0.424. The van der Waals surface area contributed by atoms with Gasteiger partial charge in [-0.25, -0.2) is 0 Å². The third-order valence-electron chi connectivity index (χ3n) is 2.19. The number of nitrogens with one attached hydrogen (secondary N) is 1. The maximum atomic E-state index is 11.4. The molecule has 0 amide bonds. The van der Waals surface area contributed by atoms with E-state index in [1.807, 2.05) is 0 Å². The molecule has 4 nitrogen and oxygen atoms in total. The van der Waals surface area contributed by atoms with Crippen LogP contribution in [0.25, 0.3) is 5.76 Å². The van der Waals surface area contributed by atoms with Crippen LogP contribution in [0.1, 0.15) is 18.9 Å². The Morgan fingerprint density at radius 3 is 2.47 bits per heavy atom. The number of allylic oxidation sites excluding steroid dienone is 1. The van der Waals surface area contributed by atoms with Crippen LogP contribution in [0.4, 0.5) is 0 Å². The van der Waals surface area contributed by atoms with Crippen molar-refractivity contribution >= 4 is 17.3 Å². The van der Waals surface area contributed by atoms with Crippen LogP contribution in [0.3, 0.4) is 0 Å². The van der Waals surface area contributed by atoms with Gasteiger partial charge in [0.25, 0.3) is 0 Å². The number of nitriles is 1. The molecular formula is C13H12N2O2. The molecule has 0 bridgehead atoms. The molecule has 0 aliphatic rings. The van der Waals surface area contributed by atoms with Crippen LogP contribution in [-0.4, -0.2) is 16.6 Å². The summed E-state index contributed by atoms with van der Waals surface area (Å²) in [6.45, 7) is 1.26. The number of aliphatic hydroxyl groups excluding tert-OH is 1. The molecule has 0 aliphatic heterocycles. The molecule has 0 aromatic heterocycles. The van der Waals surface area contributed by atoms with Gasteiger partial charge in [0.15, 0.2) is 5.78 Å². The highest BCUT2D eigenvalue weighted by molar-refractivity contribution is 6.25. The van der Waals surface area contributed by atoms with E-state index in [0.717, 1.165) is 0 Å². The highest BCUT2D eigenvalue weighted by atomic mass is 16.3. The molecule has 1 aromatic rings. The molecule has 4 heteroatoms. The fraction of sp³-hybridized carbons (Fsp3) is 0.154. The Morgan fingerprint density at radius 2 is 2.00 bits per heavy atom. The van der Waals surface area contributed by atoms with Crippen molar-refractivity contribution in [3.8, 4) is 6.07 Å². The maximum absolute atomic E-state index is 11.4. The van der Waals surface area contributed by atoms with Crippen molar-refractivity contribution in [3.05, 3.63) is 41.5 Å². The smallest absolute Gasteiger partial charge is 0.165 e. The Hall–Kier alpha value is -2.41. The van der Waals surface area contributed by atoms with Gasteiger partial charge in [-0.3, -0.25) is 4.79 Å². The lowest BCUT2D eigenvalue weighted by Gasteiger charge is -2.07. The molecular weight excluding hydrogens is 216 g/mol. The van der Waals surface area contributed by atoms with E-state index in [1.54, 1.807) is 36.4 Å². The minimum Gasteiger partial charge on any atom is -0.506 e. The lowest BCUT2D eigenvalue weighted by atomic mass is 9.99. The number of Topliss-reactive ketones (excluding diaryl/α,β-unsaturated/α-hetero) is 1. The topological polar surface area (TPSA) is 84.9 Å². The number of ketones is 1. The normalized spacial score (nSPS) is 11.3. The van der Waals surface area contributed by atoms with Gasteiger partial charge in [-0.15, -0.1) is 0 Å². The van der Waals surface area contributed by atoms with Gasteiger partial charge in [0.2, 0.25) is 0 Å². The standard InChI is InChI=1S/C13H12N2O2/c1-9(16)12(11(15)7-8-14)13(17)10-5-3-2-4-6-10/h2-6,15,17H,7H2,1H3. The number of carbonyl (C=O) groups excluding carboxylic acids is 1. The van der Waals surface area contributed by atoms with Crippen molar-refractivity contribution in [2.45, 2.75) is 13.3 Å². The van der Waals surface area contributed by atoms with E-state index in [2.05, 4.69) is 0 Å². The lowest BCUT2D eigenvalue weighted by Crippen LogP contribution is -2.11. The zero-order chi connectivity index (χ0) is 12.8. The average molecular weight is 228 g/mol. The zero-order valence-corrected chi connectivity index (χ0v) is 9.40. The van der Waals surface area contributed by atoms with Crippen LogP contribution in [0, 0.1) is 16.7 Å². The number of rotatable bonds is 4. The Balaban J connectivity index is 3.26. The second-order valence-corrected chi connectivity index (χ2v) is 3.46.